The van der Waals surface area contributed by atoms with E-state index in [2.05, 4.69) is 48.4 Å². The predicted molar refractivity (Wildman–Crippen MR) is 114 cm³/mol. The molecule has 0 bridgehead atoms. The van der Waals surface area contributed by atoms with E-state index in [9.17, 15) is 13.2 Å². The smallest absolute Gasteiger partial charge is 0.433 e. The number of furan rings is 1. The SMILES string of the molecule is CNc1c(-c2ccc(-c3ccc(C(C)C)cc3)cc2)oc2nc(C(F)(F)F)ccc12. The molecule has 30 heavy (non-hydrogen) atoms. The maximum absolute atomic E-state index is 13.0. The number of anilines is 1. The molecule has 154 valence electrons. The molecule has 0 fully saturated rings. The first kappa shape index (κ1) is 20.0. The number of pyridine rings is 1. The molecule has 4 aromatic rings. The molecule has 0 aliphatic heterocycles. The Bertz CT molecular complexity index is 1170. The molecular formula is C24H21F3N2O. The number of hydrogen-bond donors (Lipinski definition) is 1. The Balaban J connectivity index is 1.71. The Hall–Kier alpha value is -3.28. The van der Waals surface area contributed by atoms with E-state index in [4.69, 9.17) is 4.42 Å². The average Bonchev–Trinajstić information content (AvgIpc) is 3.11. The number of rotatable bonds is 4. The molecule has 1 N–H and O–H groups in total. The standard InChI is InChI=1S/C24H21F3N2O/c1-14(2)15-4-6-16(7-5-15)17-8-10-18(11-9-17)22-21(28-3)19-12-13-20(24(25,26)27)29-23(19)30-22/h4-14,28H,1-3H3. The quantitative estimate of drug-likeness (QED) is 0.382. The topological polar surface area (TPSA) is 38.1 Å². The maximum Gasteiger partial charge on any atom is 0.433 e. The molecule has 0 spiro atoms. The third kappa shape index (κ3) is 3.65. The van der Waals surface area contributed by atoms with Gasteiger partial charge in [0.15, 0.2) is 5.76 Å². The van der Waals surface area contributed by atoms with Crippen molar-refractivity contribution >= 4 is 16.8 Å². The molecule has 2 heterocycles. The van der Waals surface area contributed by atoms with Gasteiger partial charge in [-0.2, -0.15) is 13.2 Å². The molecule has 0 aliphatic carbocycles. The van der Waals surface area contributed by atoms with Gasteiger partial charge in [0.25, 0.3) is 0 Å². The normalized spacial score (nSPS) is 12.0. The molecule has 0 saturated carbocycles. The van der Waals surface area contributed by atoms with E-state index in [0.29, 0.717) is 22.8 Å². The van der Waals surface area contributed by atoms with Crippen LogP contribution in [0, 0.1) is 0 Å². The van der Waals surface area contributed by atoms with Crippen LogP contribution in [0.25, 0.3) is 33.6 Å². The van der Waals surface area contributed by atoms with Gasteiger partial charge in [0.1, 0.15) is 5.69 Å². The van der Waals surface area contributed by atoms with Gasteiger partial charge in [-0.15, -0.1) is 0 Å². The lowest BCUT2D eigenvalue weighted by Crippen LogP contribution is -2.07. The fourth-order valence-corrected chi connectivity index (χ4v) is 3.46. The molecular weight excluding hydrogens is 389 g/mol. The second-order valence-corrected chi connectivity index (χ2v) is 7.46. The van der Waals surface area contributed by atoms with Gasteiger partial charge in [0.2, 0.25) is 5.71 Å². The molecule has 0 radical (unpaired) electrons. The number of benzene rings is 2. The van der Waals surface area contributed by atoms with Gasteiger partial charge in [0.05, 0.1) is 11.1 Å². The molecule has 2 aromatic heterocycles. The Morgan fingerprint density at radius 3 is 1.93 bits per heavy atom. The minimum atomic E-state index is -4.52. The third-order valence-corrected chi connectivity index (χ3v) is 5.15. The monoisotopic (exact) mass is 410 g/mol. The summed E-state index contributed by atoms with van der Waals surface area (Å²) >= 11 is 0. The first-order valence-electron chi connectivity index (χ1n) is 9.67. The van der Waals surface area contributed by atoms with Crippen molar-refractivity contribution in [2.24, 2.45) is 0 Å². The van der Waals surface area contributed by atoms with E-state index in [0.717, 1.165) is 22.8 Å². The summed E-state index contributed by atoms with van der Waals surface area (Å²) in [5.41, 5.74) is 3.78. The van der Waals surface area contributed by atoms with Crippen LogP contribution in [0.3, 0.4) is 0 Å². The number of hydrogen-bond acceptors (Lipinski definition) is 3. The zero-order valence-electron chi connectivity index (χ0n) is 16.8. The van der Waals surface area contributed by atoms with E-state index in [1.54, 1.807) is 7.05 Å². The van der Waals surface area contributed by atoms with Crippen molar-refractivity contribution in [2.45, 2.75) is 25.9 Å². The predicted octanol–water partition coefficient (Wildman–Crippen LogP) is 7.35. The van der Waals surface area contributed by atoms with Gasteiger partial charge in [-0.25, -0.2) is 4.98 Å². The number of aromatic nitrogens is 1. The summed E-state index contributed by atoms with van der Waals surface area (Å²) in [5, 5.41) is 3.53. The van der Waals surface area contributed by atoms with E-state index >= 15 is 0 Å². The number of alkyl halides is 3. The highest BCUT2D eigenvalue weighted by molar-refractivity contribution is 5.97. The molecule has 0 unspecified atom stereocenters. The van der Waals surface area contributed by atoms with Crippen LogP contribution in [-0.2, 0) is 6.18 Å². The molecule has 0 aliphatic rings. The molecule has 6 heteroatoms. The molecule has 3 nitrogen and oxygen atoms in total. The van der Waals surface area contributed by atoms with Crippen molar-refractivity contribution in [3.63, 3.8) is 0 Å². The second kappa shape index (κ2) is 7.52. The summed E-state index contributed by atoms with van der Waals surface area (Å²) < 4.78 is 44.7. The molecule has 0 atom stereocenters. The van der Waals surface area contributed by atoms with E-state index in [1.165, 1.54) is 11.6 Å². The Kier molecular flexibility index (Phi) is 5.02. The van der Waals surface area contributed by atoms with Crippen LogP contribution in [0.2, 0.25) is 0 Å². The molecule has 4 rings (SSSR count). The van der Waals surface area contributed by atoms with E-state index in [1.807, 2.05) is 24.3 Å². The largest absolute Gasteiger partial charge is 0.435 e. The summed E-state index contributed by atoms with van der Waals surface area (Å²) in [6.07, 6.45) is -4.52. The summed E-state index contributed by atoms with van der Waals surface area (Å²) in [6, 6.07) is 18.5. The Morgan fingerprint density at radius 2 is 1.40 bits per heavy atom. The Morgan fingerprint density at radius 1 is 0.833 bits per heavy atom. The van der Waals surface area contributed by atoms with Crippen LogP contribution in [0.1, 0.15) is 31.0 Å². The van der Waals surface area contributed by atoms with Crippen LogP contribution in [0.4, 0.5) is 18.9 Å². The van der Waals surface area contributed by atoms with Gasteiger partial charge in [-0.1, -0.05) is 62.4 Å². The van der Waals surface area contributed by atoms with Crippen molar-refractivity contribution in [2.75, 3.05) is 12.4 Å². The van der Waals surface area contributed by atoms with Crippen LogP contribution in [0.5, 0.6) is 0 Å². The van der Waals surface area contributed by atoms with Crippen molar-refractivity contribution in [1.29, 1.82) is 0 Å². The van der Waals surface area contributed by atoms with Crippen LogP contribution in [0.15, 0.2) is 65.1 Å². The molecule has 0 amide bonds. The second-order valence-electron chi connectivity index (χ2n) is 7.46. The van der Waals surface area contributed by atoms with Crippen LogP contribution < -0.4 is 5.32 Å². The van der Waals surface area contributed by atoms with Crippen molar-refractivity contribution < 1.29 is 17.6 Å². The minimum Gasteiger partial charge on any atom is -0.435 e. The highest BCUT2D eigenvalue weighted by atomic mass is 19.4. The van der Waals surface area contributed by atoms with Gasteiger partial charge in [-0.05, 0) is 34.7 Å². The fraction of sp³-hybridized carbons (Fsp3) is 0.208. The van der Waals surface area contributed by atoms with Crippen molar-refractivity contribution in [3.05, 3.63) is 71.9 Å². The lowest BCUT2D eigenvalue weighted by atomic mass is 9.98. The first-order valence-corrected chi connectivity index (χ1v) is 9.67. The summed E-state index contributed by atoms with van der Waals surface area (Å²) in [4.78, 5) is 3.66. The average molecular weight is 410 g/mol. The number of nitrogens with zero attached hydrogens (tertiary/aromatic N) is 1. The van der Waals surface area contributed by atoms with Gasteiger partial charge in [0, 0.05) is 12.6 Å². The molecule has 0 saturated heterocycles. The zero-order chi connectivity index (χ0) is 21.5. The first-order chi connectivity index (χ1) is 14.3. The summed E-state index contributed by atoms with van der Waals surface area (Å²) in [7, 11) is 1.70. The van der Waals surface area contributed by atoms with Crippen molar-refractivity contribution in [1.82, 2.24) is 4.98 Å². The van der Waals surface area contributed by atoms with Gasteiger partial charge < -0.3 is 9.73 Å². The zero-order valence-corrected chi connectivity index (χ0v) is 16.8. The minimum absolute atomic E-state index is 0.0440. The van der Waals surface area contributed by atoms with Gasteiger partial charge in [-0.3, -0.25) is 0 Å². The highest BCUT2D eigenvalue weighted by Gasteiger charge is 2.33. The Labute approximate surface area is 172 Å². The maximum atomic E-state index is 13.0. The van der Waals surface area contributed by atoms with Gasteiger partial charge >= 0.3 is 6.18 Å². The molecule has 2 aromatic carbocycles. The lowest BCUT2D eigenvalue weighted by Gasteiger charge is -2.08. The highest BCUT2D eigenvalue weighted by Crippen LogP contribution is 2.39. The number of halogens is 3. The van der Waals surface area contributed by atoms with E-state index in [-0.39, 0.29) is 5.71 Å². The van der Waals surface area contributed by atoms with Crippen LogP contribution >= 0.6 is 0 Å². The fourth-order valence-electron chi connectivity index (χ4n) is 3.46. The lowest BCUT2D eigenvalue weighted by molar-refractivity contribution is -0.141. The third-order valence-electron chi connectivity index (χ3n) is 5.15. The number of nitrogens with one attached hydrogen (secondary N) is 1. The van der Waals surface area contributed by atoms with E-state index < -0.39 is 11.9 Å². The summed E-state index contributed by atoms with van der Waals surface area (Å²) in [5.74, 6) is 0.932. The number of fused-ring (bicyclic) bond motifs is 1. The van der Waals surface area contributed by atoms with Crippen molar-refractivity contribution in [3.8, 4) is 22.5 Å². The summed E-state index contributed by atoms with van der Waals surface area (Å²) in [6.45, 7) is 4.31. The van der Waals surface area contributed by atoms with Crippen LogP contribution in [-0.4, -0.2) is 12.0 Å².